The highest BCUT2D eigenvalue weighted by Gasteiger charge is 2.24. The summed E-state index contributed by atoms with van der Waals surface area (Å²) in [5.74, 6) is -0.424. The molecule has 1 aromatic heterocycles. The number of aromatic nitrogens is 2. The van der Waals surface area contributed by atoms with Gasteiger partial charge in [-0.1, -0.05) is 0 Å². The molecular formula is C9H14N4O3. The van der Waals surface area contributed by atoms with Gasteiger partial charge in [0.15, 0.2) is 0 Å². The Bertz CT molecular complexity index is 379. The zero-order valence-corrected chi connectivity index (χ0v) is 8.72. The molecule has 1 aromatic rings. The van der Waals surface area contributed by atoms with Gasteiger partial charge in [0.1, 0.15) is 0 Å². The molecule has 2 rings (SSSR count). The molecule has 1 fully saturated rings. The van der Waals surface area contributed by atoms with Crippen LogP contribution in [0.2, 0.25) is 0 Å². The number of nitrogens with one attached hydrogen (secondary N) is 1. The molecule has 1 heterocycles. The molecule has 0 bridgehead atoms. The average molecular weight is 226 g/mol. The summed E-state index contributed by atoms with van der Waals surface area (Å²) in [5, 5.41) is 18.9. The molecule has 7 heteroatoms. The first-order chi connectivity index (χ1) is 7.66. The third-order valence-electron chi connectivity index (χ3n) is 2.71. The van der Waals surface area contributed by atoms with Crippen molar-refractivity contribution < 1.29 is 14.5 Å². The molecule has 0 aliphatic heterocycles. The number of hydrogen-bond acceptors (Lipinski definition) is 6. The van der Waals surface area contributed by atoms with E-state index in [1.54, 1.807) is 0 Å². The minimum atomic E-state index is -0.405. The van der Waals surface area contributed by atoms with Crippen molar-refractivity contribution in [3.05, 3.63) is 5.69 Å². The molecule has 1 amide bonds. The van der Waals surface area contributed by atoms with Crippen molar-refractivity contribution in [2.24, 2.45) is 0 Å². The van der Waals surface area contributed by atoms with E-state index in [4.69, 9.17) is 5.73 Å². The highest BCUT2D eigenvalue weighted by molar-refractivity contribution is 5.96. The number of rotatable bonds is 2. The molecule has 0 radical (unpaired) electrons. The van der Waals surface area contributed by atoms with Crippen LogP contribution in [0.1, 0.15) is 36.2 Å². The number of aliphatic hydroxyl groups excluding tert-OH is 1. The molecule has 1 saturated carbocycles. The van der Waals surface area contributed by atoms with E-state index in [0.29, 0.717) is 6.42 Å². The Labute approximate surface area is 92.0 Å². The molecule has 7 nitrogen and oxygen atoms in total. The van der Waals surface area contributed by atoms with Gasteiger partial charge in [0.25, 0.3) is 5.91 Å². The molecule has 4 N–H and O–H groups in total. The van der Waals surface area contributed by atoms with Crippen molar-refractivity contribution in [3.63, 3.8) is 0 Å². The zero-order valence-electron chi connectivity index (χ0n) is 8.72. The SMILES string of the molecule is Nc1nonc1C(=O)NC1CCCC(O)C1. The van der Waals surface area contributed by atoms with Crippen LogP contribution in [0.15, 0.2) is 4.63 Å². The van der Waals surface area contributed by atoms with Crippen LogP contribution in [0.3, 0.4) is 0 Å². The molecule has 1 aliphatic rings. The van der Waals surface area contributed by atoms with E-state index >= 15 is 0 Å². The van der Waals surface area contributed by atoms with Crippen molar-refractivity contribution in [2.45, 2.75) is 37.8 Å². The number of nitrogens with two attached hydrogens (primary N) is 1. The van der Waals surface area contributed by atoms with Crippen molar-refractivity contribution in [2.75, 3.05) is 5.73 Å². The molecule has 0 aromatic carbocycles. The maximum Gasteiger partial charge on any atom is 0.277 e. The molecule has 0 spiro atoms. The lowest BCUT2D eigenvalue weighted by molar-refractivity contribution is 0.0842. The average Bonchev–Trinajstić information content (AvgIpc) is 2.64. The van der Waals surface area contributed by atoms with Crippen LogP contribution >= 0.6 is 0 Å². The lowest BCUT2D eigenvalue weighted by atomic mass is 9.93. The zero-order chi connectivity index (χ0) is 11.5. The predicted molar refractivity (Wildman–Crippen MR) is 54.4 cm³/mol. The van der Waals surface area contributed by atoms with Gasteiger partial charge in [0.2, 0.25) is 11.5 Å². The first-order valence-corrected chi connectivity index (χ1v) is 5.24. The second-order valence-corrected chi connectivity index (χ2v) is 3.99. The minimum absolute atomic E-state index is 0.0000586. The Balaban J connectivity index is 1.95. The number of nitrogens with zero attached hydrogens (tertiary/aromatic N) is 2. The van der Waals surface area contributed by atoms with Gasteiger partial charge in [-0.05, 0) is 36.0 Å². The third-order valence-corrected chi connectivity index (χ3v) is 2.71. The van der Waals surface area contributed by atoms with Gasteiger partial charge in [-0.3, -0.25) is 4.79 Å². The number of amides is 1. The molecule has 16 heavy (non-hydrogen) atoms. The first kappa shape index (κ1) is 10.9. The van der Waals surface area contributed by atoms with Crippen LogP contribution in [0.25, 0.3) is 0 Å². The summed E-state index contributed by atoms with van der Waals surface area (Å²) >= 11 is 0. The smallest absolute Gasteiger partial charge is 0.277 e. The number of carbonyl (C=O) groups is 1. The maximum absolute atomic E-state index is 11.7. The van der Waals surface area contributed by atoms with E-state index in [1.165, 1.54) is 0 Å². The van der Waals surface area contributed by atoms with E-state index in [2.05, 4.69) is 20.3 Å². The Morgan fingerprint density at radius 3 is 2.94 bits per heavy atom. The number of aliphatic hydroxyl groups is 1. The summed E-state index contributed by atoms with van der Waals surface area (Å²) in [4.78, 5) is 11.7. The summed E-state index contributed by atoms with van der Waals surface area (Å²) in [7, 11) is 0. The third kappa shape index (κ3) is 2.30. The number of anilines is 1. The number of carbonyl (C=O) groups excluding carboxylic acids is 1. The van der Waals surface area contributed by atoms with Crippen LogP contribution < -0.4 is 11.1 Å². The largest absolute Gasteiger partial charge is 0.393 e. The van der Waals surface area contributed by atoms with Gasteiger partial charge in [-0.15, -0.1) is 0 Å². The lowest BCUT2D eigenvalue weighted by Crippen LogP contribution is -2.40. The summed E-state index contributed by atoms with van der Waals surface area (Å²) in [6, 6.07) is -0.0349. The summed E-state index contributed by atoms with van der Waals surface area (Å²) in [5.41, 5.74) is 5.40. The van der Waals surface area contributed by atoms with Crippen molar-refractivity contribution >= 4 is 11.7 Å². The van der Waals surface area contributed by atoms with Crippen LogP contribution in [-0.4, -0.2) is 33.5 Å². The topological polar surface area (TPSA) is 114 Å². The number of hydrogen-bond donors (Lipinski definition) is 3. The van der Waals surface area contributed by atoms with Crippen LogP contribution in [0.4, 0.5) is 5.82 Å². The highest BCUT2D eigenvalue weighted by Crippen LogP contribution is 2.18. The van der Waals surface area contributed by atoms with Crippen molar-refractivity contribution in [3.8, 4) is 0 Å². The molecule has 0 saturated heterocycles. The first-order valence-electron chi connectivity index (χ1n) is 5.24. The number of nitrogen functional groups attached to an aromatic ring is 1. The van der Waals surface area contributed by atoms with Crippen LogP contribution in [-0.2, 0) is 0 Å². The lowest BCUT2D eigenvalue weighted by Gasteiger charge is -2.26. The van der Waals surface area contributed by atoms with Gasteiger partial charge >= 0.3 is 0 Å². The highest BCUT2D eigenvalue weighted by atomic mass is 16.6. The standard InChI is InChI=1S/C9H14N4O3/c10-8-7(12-16-13-8)9(15)11-5-2-1-3-6(14)4-5/h5-6,14H,1-4H2,(H2,10,13)(H,11,15). The van der Waals surface area contributed by atoms with E-state index in [-0.39, 0.29) is 23.7 Å². The van der Waals surface area contributed by atoms with Crippen molar-refractivity contribution in [1.82, 2.24) is 15.6 Å². The Morgan fingerprint density at radius 2 is 2.31 bits per heavy atom. The maximum atomic E-state index is 11.7. The fourth-order valence-electron chi connectivity index (χ4n) is 1.90. The van der Waals surface area contributed by atoms with Gasteiger partial charge in [-0.2, -0.15) is 0 Å². The van der Waals surface area contributed by atoms with Gasteiger partial charge in [-0.25, -0.2) is 4.63 Å². The Hall–Kier alpha value is -1.63. The van der Waals surface area contributed by atoms with E-state index in [1.807, 2.05) is 0 Å². The fraction of sp³-hybridized carbons (Fsp3) is 0.667. The fourth-order valence-corrected chi connectivity index (χ4v) is 1.90. The second-order valence-electron chi connectivity index (χ2n) is 3.99. The summed E-state index contributed by atoms with van der Waals surface area (Å²) in [6.07, 6.45) is 2.77. The van der Waals surface area contributed by atoms with E-state index < -0.39 is 5.91 Å². The summed E-state index contributed by atoms with van der Waals surface area (Å²) < 4.78 is 4.34. The monoisotopic (exact) mass is 226 g/mol. The van der Waals surface area contributed by atoms with E-state index in [9.17, 15) is 9.90 Å². The Morgan fingerprint density at radius 1 is 1.50 bits per heavy atom. The normalized spacial score (nSPS) is 25.3. The Kier molecular flexibility index (Phi) is 3.04. The van der Waals surface area contributed by atoms with Gasteiger partial charge < -0.3 is 16.2 Å². The minimum Gasteiger partial charge on any atom is -0.393 e. The van der Waals surface area contributed by atoms with E-state index in [0.717, 1.165) is 19.3 Å². The van der Waals surface area contributed by atoms with Crippen LogP contribution in [0, 0.1) is 0 Å². The quantitative estimate of drug-likeness (QED) is 0.637. The molecule has 2 atom stereocenters. The predicted octanol–water partition coefficient (Wildman–Crippen LogP) is -0.315. The molecule has 1 aliphatic carbocycles. The molecular weight excluding hydrogens is 212 g/mol. The second kappa shape index (κ2) is 4.48. The van der Waals surface area contributed by atoms with Crippen molar-refractivity contribution in [1.29, 1.82) is 0 Å². The summed E-state index contributed by atoms with van der Waals surface area (Å²) in [6.45, 7) is 0. The van der Waals surface area contributed by atoms with Gasteiger partial charge in [0, 0.05) is 6.04 Å². The molecule has 88 valence electrons. The molecule has 2 unspecified atom stereocenters. The van der Waals surface area contributed by atoms with Crippen LogP contribution in [0.5, 0.6) is 0 Å². The van der Waals surface area contributed by atoms with Gasteiger partial charge in [0.05, 0.1) is 6.10 Å².